The van der Waals surface area contributed by atoms with Crippen LogP contribution in [-0.2, 0) is 11.5 Å². The van der Waals surface area contributed by atoms with Crippen LogP contribution in [0.2, 0.25) is 0 Å². The van der Waals surface area contributed by atoms with Crippen LogP contribution in [0.1, 0.15) is 27.8 Å². The van der Waals surface area contributed by atoms with Crippen molar-refractivity contribution in [2.24, 2.45) is 0 Å². The Balaban J connectivity index is 1.27. The highest BCUT2D eigenvalue weighted by Gasteiger charge is 2.15. The predicted molar refractivity (Wildman–Crippen MR) is 167 cm³/mol. The highest BCUT2D eigenvalue weighted by Crippen LogP contribution is 2.29. The minimum Gasteiger partial charge on any atom is -0.311 e. The number of nitrogens with one attached hydrogen (secondary N) is 2. The lowest BCUT2D eigenvalue weighted by Crippen LogP contribution is -2.14. The second kappa shape index (κ2) is 12.7. The molecular formula is C32H24N6O2S2. The molecule has 0 atom stereocenters. The summed E-state index contributed by atoms with van der Waals surface area (Å²) in [5.74, 6) is 1.15. The summed E-state index contributed by atoms with van der Waals surface area (Å²) in [7, 11) is 0. The first-order valence-corrected chi connectivity index (χ1v) is 14.9. The van der Waals surface area contributed by atoms with Crippen LogP contribution in [0.15, 0.2) is 92.7 Å². The lowest BCUT2D eigenvalue weighted by Gasteiger charge is -2.08. The van der Waals surface area contributed by atoms with Crippen LogP contribution in [0.3, 0.4) is 0 Å². The first-order valence-electron chi connectivity index (χ1n) is 12.9. The summed E-state index contributed by atoms with van der Waals surface area (Å²) in [5, 5.41) is 10.4. The molecule has 5 rings (SSSR count). The normalized spacial score (nSPS) is 10.7. The molecule has 5 aromatic rings. The van der Waals surface area contributed by atoms with E-state index in [2.05, 4.69) is 24.8 Å². The number of thioether (sulfide) groups is 2. The maximum absolute atomic E-state index is 12.6. The molecule has 42 heavy (non-hydrogen) atoms. The second-order valence-corrected chi connectivity index (χ2v) is 11.4. The third-order valence-corrected chi connectivity index (χ3v) is 8.31. The van der Waals surface area contributed by atoms with Crippen LogP contribution in [0, 0.1) is 31.8 Å². The number of hydrogen-bond acceptors (Lipinski definition) is 7. The van der Waals surface area contributed by atoms with Crippen LogP contribution in [0.5, 0.6) is 0 Å². The fourth-order valence-corrected chi connectivity index (χ4v) is 5.74. The molecule has 0 aliphatic carbocycles. The van der Waals surface area contributed by atoms with E-state index in [0.717, 1.165) is 33.4 Å². The molecule has 0 unspecified atom stereocenters. The van der Waals surface area contributed by atoms with Crippen LogP contribution in [0.25, 0.3) is 27.4 Å². The summed E-state index contributed by atoms with van der Waals surface area (Å²) in [5.41, 5.74) is 5.49. The first kappa shape index (κ1) is 28.6. The van der Waals surface area contributed by atoms with E-state index in [-0.39, 0.29) is 11.3 Å². The summed E-state index contributed by atoms with van der Waals surface area (Å²) in [6, 6.07) is 25.1. The van der Waals surface area contributed by atoms with E-state index in [4.69, 9.17) is 6.57 Å². The van der Waals surface area contributed by atoms with Crippen molar-refractivity contribution in [1.82, 2.24) is 19.9 Å². The largest absolute Gasteiger partial charge is 0.311 e. The van der Waals surface area contributed by atoms with Gasteiger partial charge in [0.2, 0.25) is 0 Å². The number of aryl methyl sites for hydroxylation is 2. The van der Waals surface area contributed by atoms with Gasteiger partial charge in [-0.25, -0.2) is 14.8 Å². The van der Waals surface area contributed by atoms with Crippen molar-refractivity contribution in [2.45, 2.75) is 35.7 Å². The van der Waals surface area contributed by atoms with E-state index in [1.54, 1.807) is 0 Å². The maximum Gasteiger partial charge on any atom is 0.276 e. The predicted octanol–water partition coefficient (Wildman–Crippen LogP) is 6.81. The number of aromatic amines is 2. The van der Waals surface area contributed by atoms with Crippen LogP contribution >= 0.6 is 23.5 Å². The average Bonchev–Trinajstić information content (AvgIpc) is 2.99. The minimum atomic E-state index is -0.459. The molecule has 0 aliphatic rings. The van der Waals surface area contributed by atoms with Gasteiger partial charge in [0.1, 0.15) is 11.6 Å². The Labute approximate surface area is 250 Å². The van der Waals surface area contributed by atoms with E-state index in [1.807, 2.05) is 92.7 Å². The highest BCUT2D eigenvalue weighted by atomic mass is 32.2. The van der Waals surface area contributed by atoms with E-state index in [1.165, 1.54) is 23.5 Å². The Morgan fingerprint density at radius 2 is 1.19 bits per heavy atom. The second-order valence-electron chi connectivity index (χ2n) is 9.51. The zero-order chi connectivity index (χ0) is 29.6. The molecule has 2 aromatic heterocycles. The van der Waals surface area contributed by atoms with Gasteiger partial charge in [0.25, 0.3) is 16.8 Å². The Morgan fingerprint density at radius 1 is 0.738 bits per heavy atom. The van der Waals surface area contributed by atoms with Gasteiger partial charge < -0.3 is 9.97 Å². The molecule has 0 fully saturated rings. The van der Waals surface area contributed by atoms with Crippen LogP contribution in [-0.4, -0.2) is 19.9 Å². The van der Waals surface area contributed by atoms with Crippen LogP contribution in [0.4, 0.5) is 5.69 Å². The van der Waals surface area contributed by atoms with Crippen molar-refractivity contribution in [2.75, 3.05) is 0 Å². The topological polar surface area (TPSA) is 120 Å². The van der Waals surface area contributed by atoms with Crippen molar-refractivity contribution in [3.05, 3.63) is 133 Å². The third-order valence-electron chi connectivity index (χ3n) is 6.42. The Morgan fingerprint density at radius 3 is 1.67 bits per heavy atom. The number of aromatic nitrogens is 4. The summed E-state index contributed by atoms with van der Waals surface area (Å²) < 4.78 is 0. The molecule has 8 nitrogen and oxygen atoms in total. The molecule has 2 N–H and O–H groups in total. The minimum absolute atomic E-state index is 0.00407. The maximum atomic E-state index is 12.6. The summed E-state index contributed by atoms with van der Waals surface area (Å²) >= 11 is 2.77. The number of hydrogen-bond donors (Lipinski definition) is 2. The lowest BCUT2D eigenvalue weighted by atomic mass is 10.1. The number of nitriles is 1. The van der Waals surface area contributed by atoms with Gasteiger partial charge in [-0.3, -0.25) is 9.59 Å². The van der Waals surface area contributed by atoms with E-state index < -0.39 is 11.1 Å². The molecule has 0 spiro atoms. The molecule has 3 aromatic carbocycles. The molecule has 10 heteroatoms. The Hall–Kier alpha value is -4.90. The highest BCUT2D eigenvalue weighted by molar-refractivity contribution is 7.98. The molecule has 0 bridgehead atoms. The van der Waals surface area contributed by atoms with Crippen molar-refractivity contribution in [3.8, 4) is 28.6 Å². The van der Waals surface area contributed by atoms with Gasteiger partial charge in [0.15, 0.2) is 10.3 Å². The molecule has 0 saturated carbocycles. The monoisotopic (exact) mass is 588 g/mol. The van der Waals surface area contributed by atoms with Gasteiger partial charge in [-0.2, -0.15) is 5.26 Å². The SMILES string of the molecule is [C-]#[N+]c1c(-c2ccc(C)cc2)nc(SCc2ccc(CSc3nc(-c4ccc(C)cc4)c(C#N)c(=O)[nH]3)cc2)[nH]c1=O. The van der Waals surface area contributed by atoms with Gasteiger partial charge in [0, 0.05) is 17.1 Å². The van der Waals surface area contributed by atoms with Crippen LogP contribution < -0.4 is 11.1 Å². The van der Waals surface area contributed by atoms with E-state index in [0.29, 0.717) is 33.2 Å². The quantitative estimate of drug-likeness (QED) is 0.116. The zero-order valence-corrected chi connectivity index (χ0v) is 24.4. The molecule has 206 valence electrons. The number of nitrogens with zero attached hydrogens (tertiary/aromatic N) is 4. The van der Waals surface area contributed by atoms with Gasteiger partial charge >= 0.3 is 0 Å². The average molecular weight is 589 g/mol. The molecular weight excluding hydrogens is 565 g/mol. The van der Waals surface area contributed by atoms with Gasteiger partial charge in [-0.1, -0.05) is 107 Å². The summed E-state index contributed by atoms with van der Waals surface area (Å²) in [4.78, 5) is 43.2. The first-order chi connectivity index (χ1) is 20.3. The Bertz CT molecular complexity index is 1810. The summed E-state index contributed by atoms with van der Waals surface area (Å²) in [6.07, 6.45) is 0. The smallest absolute Gasteiger partial charge is 0.276 e. The fraction of sp³-hybridized carbons (Fsp3) is 0.125. The van der Waals surface area contributed by atoms with Gasteiger partial charge in [0.05, 0.1) is 18.0 Å². The van der Waals surface area contributed by atoms with E-state index >= 15 is 0 Å². The van der Waals surface area contributed by atoms with Gasteiger partial charge in [-0.15, -0.1) is 0 Å². The standard InChI is InChI=1S/C32H24N6O2S2/c1-19-4-12-23(13-5-19)26-25(16-33)29(39)37-31(35-26)41-17-21-8-10-22(11-9-21)18-42-32-36-27(28(34-3)30(40)38-32)24-14-6-20(2)7-15-24/h4-15H,17-18H2,1-2H3,(H,35,37,39)(H,36,38,40). The van der Waals surface area contributed by atoms with Crippen molar-refractivity contribution >= 4 is 29.2 Å². The molecule has 2 heterocycles. The number of H-pyrrole nitrogens is 2. The third kappa shape index (κ3) is 6.52. The van der Waals surface area contributed by atoms with Gasteiger partial charge in [-0.05, 0) is 30.5 Å². The molecule has 0 amide bonds. The molecule has 0 saturated heterocycles. The number of benzene rings is 3. The lowest BCUT2D eigenvalue weighted by molar-refractivity contribution is 0.934. The zero-order valence-electron chi connectivity index (χ0n) is 22.8. The molecule has 0 aliphatic heterocycles. The fourth-order valence-electron chi connectivity index (χ4n) is 4.11. The van der Waals surface area contributed by atoms with Crippen molar-refractivity contribution in [3.63, 3.8) is 0 Å². The number of rotatable bonds is 8. The molecule has 0 radical (unpaired) electrons. The summed E-state index contributed by atoms with van der Waals surface area (Å²) in [6.45, 7) is 11.4. The van der Waals surface area contributed by atoms with Crippen molar-refractivity contribution in [1.29, 1.82) is 5.26 Å². The van der Waals surface area contributed by atoms with Crippen molar-refractivity contribution < 1.29 is 0 Å². The Kier molecular flexibility index (Phi) is 8.68. The van der Waals surface area contributed by atoms with E-state index in [9.17, 15) is 14.9 Å².